The van der Waals surface area contributed by atoms with Gasteiger partial charge < -0.3 is 0 Å². The van der Waals surface area contributed by atoms with Gasteiger partial charge in [0.2, 0.25) is 10.0 Å². The van der Waals surface area contributed by atoms with Crippen molar-refractivity contribution >= 4 is 27.5 Å². The van der Waals surface area contributed by atoms with E-state index in [-0.39, 0.29) is 11.8 Å². The third-order valence-electron chi connectivity index (χ3n) is 2.61. The van der Waals surface area contributed by atoms with Crippen molar-refractivity contribution in [3.8, 4) is 0 Å². The van der Waals surface area contributed by atoms with Crippen molar-refractivity contribution in [3.63, 3.8) is 0 Å². The van der Waals surface area contributed by atoms with Gasteiger partial charge in [0.25, 0.3) is 5.91 Å². The molecule has 4 nitrogen and oxygen atoms in total. The molecule has 1 heterocycles. The number of hydrogen-bond acceptors (Lipinski definition) is 3. The molecule has 0 aliphatic carbocycles. The van der Waals surface area contributed by atoms with Crippen molar-refractivity contribution < 1.29 is 13.2 Å². The Hall–Kier alpha value is -1.07. The number of sulfonamides is 1. The average Bonchev–Trinajstić information content (AvgIpc) is 2.17. The first-order chi connectivity index (χ1) is 7.83. The first kappa shape index (κ1) is 12.4. The molecule has 6 heteroatoms. The molecule has 0 saturated heterocycles. The summed E-state index contributed by atoms with van der Waals surface area (Å²) in [6, 6.07) is 4.31. The van der Waals surface area contributed by atoms with Crippen LogP contribution in [0.15, 0.2) is 18.2 Å². The Labute approximate surface area is 105 Å². The molecular formula is C11H12ClNO3S. The molecule has 1 aliphatic rings. The maximum Gasteiger partial charge on any atom is 0.267 e. The van der Waals surface area contributed by atoms with E-state index in [2.05, 4.69) is 0 Å². The van der Waals surface area contributed by atoms with E-state index in [4.69, 9.17) is 11.6 Å². The van der Waals surface area contributed by atoms with Gasteiger partial charge in [0.1, 0.15) is 0 Å². The summed E-state index contributed by atoms with van der Waals surface area (Å²) < 4.78 is 24.8. The number of amides is 1. The monoisotopic (exact) mass is 273 g/mol. The molecule has 0 saturated carbocycles. The van der Waals surface area contributed by atoms with Crippen LogP contribution in [0.2, 0.25) is 5.02 Å². The van der Waals surface area contributed by atoms with Crippen LogP contribution in [0, 0.1) is 0 Å². The standard InChI is InChI=1S/C11H12ClNO3S/c1-7(2)13-11(14)10-5-9(12)4-3-8(10)6-17(13,15)16/h3-5,7H,6H2,1-2H3. The molecule has 0 bridgehead atoms. The highest BCUT2D eigenvalue weighted by Gasteiger charge is 2.37. The fraction of sp³-hybridized carbons (Fsp3) is 0.364. The van der Waals surface area contributed by atoms with E-state index in [0.29, 0.717) is 16.1 Å². The Kier molecular flexibility index (Phi) is 2.91. The number of rotatable bonds is 1. The molecule has 0 atom stereocenters. The quantitative estimate of drug-likeness (QED) is 0.787. The minimum atomic E-state index is -3.56. The predicted molar refractivity (Wildman–Crippen MR) is 65.4 cm³/mol. The van der Waals surface area contributed by atoms with Crippen LogP contribution in [0.4, 0.5) is 0 Å². The number of fused-ring (bicyclic) bond motifs is 1. The Morgan fingerprint density at radius 3 is 2.59 bits per heavy atom. The fourth-order valence-electron chi connectivity index (χ4n) is 1.94. The number of halogens is 1. The van der Waals surface area contributed by atoms with Crippen molar-refractivity contribution in [1.29, 1.82) is 0 Å². The maximum absolute atomic E-state index is 12.1. The van der Waals surface area contributed by atoms with E-state index >= 15 is 0 Å². The van der Waals surface area contributed by atoms with Gasteiger partial charge in [-0.1, -0.05) is 17.7 Å². The lowest BCUT2D eigenvalue weighted by Crippen LogP contribution is -2.45. The third-order valence-corrected chi connectivity index (χ3v) is 4.71. The van der Waals surface area contributed by atoms with Crippen LogP contribution in [-0.4, -0.2) is 24.7 Å². The van der Waals surface area contributed by atoms with Crippen molar-refractivity contribution in [2.75, 3.05) is 0 Å². The predicted octanol–water partition coefficient (Wildman–Crippen LogP) is 2.03. The summed E-state index contributed by atoms with van der Waals surface area (Å²) in [5, 5.41) is 0.431. The van der Waals surface area contributed by atoms with Gasteiger partial charge >= 0.3 is 0 Å². The van der Waals surface area contributed by atoms with Crippen LogP contribution >= 0.6 is 11.6 Å². The van der Waals surface area contributed by atoms with Crippen molar-refractivity contribution in [2.24, 2.45) is 0 Å². The number of carbonyl (C=O) groups is 1. The highest BCUT2D eigenvalue weighted by Crippen LogP contribution is 2.28. The molecule has 1 aliphatic heterocycles. The highest BCUT2D eigenvalue weighted by atomic mass is 35.5. The highest BCUT2D eigenvalue weighted by molar-refractivity contribution is 7.89. The van der Waals surface area contributed by atoms with Gasteiger partial charge in [0, 0.05) is 16.6 Å². The van der Waals surface area contributed by atoms with Gasteiger partial charge in [0.15, 0.2) is 0 Å². The molecule has 1 aromatic rings. The Morgan fingerprint density at radius 2 is 2.00 bits per heavy atom. The summed E-state index contributed by atoms with van der Waals surface area (Å²) in [7, 11) is -3.56. The summed E-state index contributed by atoms with van der Waals surface area (Å²) in [5.41, 5.74) is 0.886. The molecule has 17 heavy (non-hydrogen) atoms. The minimum absolute atomic E-state index is 0.149. The van der Waals surface area contributed by atoms with Crippen molar-refractivity contribution in [1.82, 2.24) is 4.31 Å². The van der Waals surface area contributed by atoms with Gasteiger partial charge in [-0.05, 0) is 31.5 Å². The van der Waals surface area contributed by atoms with Crippen LogP contribution in [0.3, 0.4) is 0 Å². The zero-order chi connectivity index (χ0) is 12.8. The maximum atomic E-state index is 12.1. The molecule has 0 N–H and O–H groups in total. The zero-order valence-corrected chi connectivity index (χ0v) is 11.0. The summed E-state index contributed by atoms with van der Waals surface area (Å²) in [4.78, 5) is 12.1. The molecule has 0 aromatic heterocycles. The number of carbonyl (C=O) groups excluding carboxylic acids is 1. The van der Waals surface area contributed by atoms with Crippen LogP contribution < -0.4 is 0 Å². The lowest BCUT2D eigenvalue weighted by Gasteiger charge is -2.31. The molecule has 0 spiro atoms. The molecule has 0 radical (unpaired) electrons. The second-order valence-corrected chi connectivity index (χ2v) is 6.53. The first-order valence-corrected chi connectivity index (χ1v) is 7.16. The zero-order valence-electron chi connectivity index (χ0n) is 9.47. The van der Waals surface area contributed by atoms with Crippen LogP contribution in [0.25, 0.3) is 0 Å². The molecule has 0 fully saturated rings. The molecule has 1 aromatic carbocycles. The number of benzene rings is 1. The van der Waals surface area contributed by atoms with Gasteiger partial charge in [-0.25, -0.2) is 12.7 Å². The summed E-state index contributed by atoms with van der Waals surface area (Å²) in [6.07, 6.45) is 0. The van der Waals surface area contributed by atoms with Gasteiger partial charge in [0.05, 0.1) is 5.75 Å². The van der Waals surface area contributed by atoms with E-state index in [1.54, 1.807) is 26.0 Å². The smallest absolute Gasteiger partial charge is 0.267 e. The van der Waals surface area contributed by atoms with Crippen LogP contribution in [-0.2, 0) is 15.8 Å². The van der Waals surface area contributed by atoms with E-state index in [9.17, 15) is 13.2 Å². The lowest BCUT2D eigenvalue weighted by molar-refractivity contribution is 0.0829. The summed E-state index contributed by atoms with van der Waals surface area (Å²) in [5.74, 6) is -0.646. The summed E-state index contributed by atoms with van der Waals surface area (Å²) >= 11 is 5.82. The van der Waals surface area contributed by atoms with Gasteiger partial charge in [-0.3, -0.25) is 4.79 Å². The Bertz CT molecular complexity index is 580. The second kappa shape index (κ2) is 3.99. The molecule has 1 amide bonds. The van der Waals surface area contributed by atoms with E-state index in [1.165, 1.54) is 6.07 Å². The van der Waals surface area contributed by atoms with Gasteiger partial charge in [-0.15, -0.1) is 0 Å². The molecule has 0 unspecified atom stereocenters. The minimum Gasteiger partial charge on any atom is -0.268 e. The van der Waals surface area contributed by atoms with E-state index < -0.39 is 15.9 Å². The van der Waals surface area contributed by atoms with E-state index in [1.807, 2.05) is 0 Å². The summed E-state index contributed by atoms with van der Waals surface area (Å²) in [6.45, 7) is 3.34. The number of hydrogen-bond donors (Lipinski definition) is 0. The second-order valence-electron chi connectivity index (χ2n) is 4.25. The van der Waals surface area contributed by atoms with Crippen molar-refractivity contribution in [2.45, 2.75) is 25.6 Å². The third kappa shape index (κ3) is 2.05. The van der Waals surface area contributed by atoms with Crippen LogP contribution in [0.1, 0.15) is 29.8 Å². The Morgan fingerprint density at radius 1 is 1.35 bits per heavy atom. The average molecular weight is 274 g/mol. The molecule has 2 rings (SSSR count). The molecular weight excluding hydrogens is 262 g/mol. The number of nitrogens with zero attached hydrogens (tertiary/aromatic N) is 1. The SMILES string of the molecule is CC(C)N1C(=O)c2cc(Cl)ccc2CS1(=O)=O. The van der Waals surface area contributed by atoms with Gasteiger partial charge in [-0.2, -0.15) is 0 Å². The first-order valence-electron chi connectivity index (χ1n) is 5.18. The lowest BCUT2D eigenvalue weighted by atomic mass is 10.1. The fourth-order valence-corrected chi connectivity index (χ4v) is 3.89. The molecule has 92 valence electrons. The normalized spacial score (nSPS) is 18.4. The topological polar surface area (TPSA) is 54.5 Å². The van der Waals surface area contributed by atoms with E-state index in [0.717, 1.165) is 4.31 Å². The Balaban J connectivity index is 2.62. The largest absolute Gasteiger partial charge is 0.268 e. The van der Waals surface area contributed by atoms with Crippen LogP contribution in [0.5, 0.6) is 0 Å². The van der Waals surface area contributed by atoms with Crippen molar-refractivity contribution in [3.05, 3.63) is 34.3 Å².